The number of carboxylic acids is 1. The smallest absolute Gasteiger partial charge is 1.00 e. The van der Waals surface area contributed by atoms with Crippen LogP contribution in [0.1, 0.15) is 61.4 Å². The quantitative estimate of drug-likeness (QED) is 0.268. The number of carbonyl (C=O) groups excluding carboxylic acids is 3. The fourth-order valence-corrected chi connectivity index (χ4v) is 5.97. The number of hydrogen-bond acceptors (Lipinski definition) is 7. The van der Waals surface area contributed by atoms with Crippen molar-refractivity contribution < 1.29 is 69.1 Å². The molecule has 1 spiro atoms. The fourth-order valence-electron chi connectivity index (χ4n) is 5.77. The third-order valence-corrected chi connectivity index (χ3v) is 8.04. The van der Waals surface area contributed by atoms with Crippen molar-refractivity contribution in [3.8, 4) is 5.75 Å². The maximum atomic E-state index is 14.4. The molecule has 1 aliphatic heterocycles. The van der Waals surface area contributed by atoms with E-state index in [4.69, 9.17) is 21.1 Å². The number of amides is 2. The number of likely N-dealkylation sites (N-methyl/N-ethyl adjacent to an activating group) is 1. The van der Waals surface area contributed by atoms with Crippen molar-refractivity contribution in [3.05, 3.63) is 97.7 Å². The van der Waals surface area contributed by atoms with E-state index in [0.717, 1.165) is 6.07 Å². The van der Waals surface area contributed by atoms with E-state index in [1.807, 2.05) is 0 Å². The number of nitrogens with zero attached hydrogens (tertiary/aromatic N) is 2. The number of hydrogen-bond donors (Lipinski definition) is 2. The van der Waals surface area contributed by atoms with E-state index in [2.05, 4.69) is 5.32 Å². The number of rotatable bonds is 8. The molecule has 3 aromatic rings. The van der Waals surface area contributed by atoms with Crippen molar-refractivity contribution in [1.82, 2.24) is 14.8 Å². The molecule has 1 saturated carbocycles. The third-order valence-electron chi connectivity index (χ3n) is 7.75. The van der Waals surface area contributed by atoms with Crippen LogP contribution < -0.4 is 45.0 Å². The summed E-state index contributed by atoms with van der Waals surface area (Å²) in [7, 11) is 3.14. The Hall–Kier alpha value is -3.55. The molecule has 2 aliphatic rings. The Bertz CT molecular complexity index is 1730. The molecule has 44 heavy (non-hydrogen) atoms. The van der Waals surface area contributed by atoms with Gasteiger partial charge in [0.1, 0.15) is 11.4 Å². The van der Waals surface area contributed by atoms with Crippen LogP contribution in [0.2, 0.25) is 5.02 Å². The summed E-state index contributed by atoms with van der Waals surface area (Å²) in [5.41, 5.74) is -2.69. The summed E-state index contributed by atoms with van der Waals surface area (Å²) in [5.74, 6) is -5.12. The summed E-state index contributed by atoms with van der Waals surface area (Å²) in [6, 6.07) is 9.27. The van der Waals surface area contributed by atoms with Gasteiger partial charge in [0.15, 0.2) is 5.69 Å². The molecule has 14 heteroatoms. The van der Waals surface area contributed by atoms with E-state index in [0.29, 0.717) is 19.4 Å². The number of nitrogens with one attached hydrogen (secondary N) is 1. The number of aromatic nitrogens is 1. The first kappa shape index (κ1) is 33.3. The van der Waals surface area contributed by atoms with Gasteiger partial charge in [-0.15, -0.1) is 0 Å². The molecule has 2 heterocycles. The van der Waals surface area contributed by atoms with Crippen LogP contribution >= 0.6 is 11.6 Å². The van der Waals surface area contributed by atoms with Crippen molar-refractivity contribution in [2.75, 3.05) is 27.3 Å². The Morgan fingerprint density at radius 1 is 1.16 bits per heavy atom. The minimum absolute atomic E-state index is 0. The zero-order chi connectivity index (χ0) is 31.1. The predicted molar refractivity (Wildman–Crippen MR) is 152 cm³/mol. The molecule has 0 bridgehead atoms. The van der Waals surface area contributed by atoms with E-state index in [1.54, 1.807) is 14.2 Å². The van der Waals surface area contributed by atoms with Crippen LogP contribution in [0.3, 0.4) is 0 Å². The van der Waals surface area contributed by atoms with Gasteiger partial charge in [0.2, 0.25) is 11.2 Å². The largest absolute Gasteiger partial charge is 1.00 e. The van der Waals surface area contributed by atoms with Crippen molar-refractivity contribution in [2.45, 2.75) is 24.9 Å². The molecule has 2 amide bonds. The Morgan fingerprint density at radius 3 is 2.52 bits per heavy atom. The van der Waals surface area contributed by atoms with Gasteiger partial charge in [0, 0.05) is 45.6 Å². The first-order chi connectivity index (χ1) is 20.5. The number of carboxylic acid groups (broad SMARTS) is 1. The van der Waals surface area contributed by atoms with E-state index in [-0.39, 0.29) is 77.4 Å². The number of fused-ring (bicyclic) bond motifs is 2. The average Bonchev–Trinajstić information content (AvgIpc) is 2.96. The van der Waals surface area contributed by atoms with Gasteiger partial charge in [-0.25, -0.2) is 14.0 Å². The van der Waals surface area contributed by atoms with Gasteiger partial charge in [-0.2, -0.15) is 0 Å². The van der Waals surface area contributed by atoms with Gasteiger partial charge in [0.25, 0.3) is 11.8 Å². The normalized spacial score (nSPS) is 18.6. The number of aromatic carboxylic acids is 1. The molecule has 0 saturated heterocycles. The summed E-state index contributed by atoms with van der Waals surface area (Å²) in [6.07, 6.45) is 2.38. The number of esters is 1. The van der Waals surface area contributed by atoms with Gasteiger partial charge >= 0.3 is 41.5 Å². The maximum absolute atomic E-state index is 14.4. The monoisotopic (exact) mass is 635 g/mol. The summed E-state index contributed by atoms with van der Waals surface area (Å²) in [4.78, 5) is 66.6. The Kier molecular flexibility index (Phi) is 10.0. The molecule has 2 aromatic carbocycles. The second-order valence-corrected chi connectivity index (χ2v) is 11.1. The summed E-state index contributed by atoms with van der Waals surface area (Å²) < 4.78 is 26.8. The first-order valence-electron chi connectivity index (χ1n) is 13.3. The molecule has 5 rings (SSSR count). The van der Waals surface area contributed by atoms with Gasteiger partial charge in [-0.1, -0.05) is 29.8 Å². The molecule has 1 fully saturated rings. The minimum atomic E-state index is -1.28. The Balaban J connectivity index is 0.00000276. The van der Waals surface area contributed by atoms with Gasteiger partial charge in [-0.05, 0) is 43.0 Å². The van der Waals surface area contributed by atoms with Gasteiger partial charge in [0.05, 0.1) is 21.7 Å². The van der Waals surface area contributed by atoms with Crippen LogP contribution in [0, 0.1) is 11.7 Å². The molecule has 0 atom stereocenters. The van der Waals surface area contributed by atoms with Crippen LogP contribution in [0.25, 0.3) is 0 Å². The number of benzene rings is 2. The van der Waals surface area contributed by atoms with E-state index >= 15 is 0 Å². The topological polar surface area (TPSA) is 144 Å². The molecular formula is C30H28ClFN3NaO8. The van der Waals surface area contributed by atoms with Crippen LogP contribution in [0.15, 0.2) is 53.5 Å². The predicted octanol–water partition coefficient (Wildman–Crippen LogP) is 0.442. The number of halogens is 2. The van der Waals surface area contributed by atoms with Crippen molar-refractivity contribution in [3.63, 3.8) is 0 Å². The number of carbonyl (C=O) groups is 4. The molecule has 1 aromatic heterocycles. The van der Waals surface area contributed by atoms with Gasteiger partial charge in [-0.3, -0.25) is 14.4 Å². The van der Waals surface area contributed by atoms with E-state index in [9.17, 15) is 33.5 Å². The zero-order valence-corrected chi connectivity index (χ0v) is 26.9. The Morgan fingerprint density at radius 2 is 1.84 bits per heavy atom. The van der Waals surface area contributed by atoms with Crippen molar-refractivity contribution in [1.29, 1.82) is 0 Å². The number of pyridine rings is 1. The summed E-state index contributed by atoms with van der Waals surface area (Å²) in [6.45, 7) is 0.437. The second-order valence-electron chi connectivity index (χ2n) is 10.7. The summed E-state index contributed by atoms with van der Waals surface area (Å²) >= 11 is 5.84. The van der Waals surface area contributed by atoms with Crippen LogP contribution in [-0.2, 0) is 16.8 Å². The van der Waals surface area contributed by atoms with Gasteiger partial charge < -0.3 is 30.8 Å². The minimum Gasteiger partial charge on any atom is -1.00 e. The fraction of sp³-hybridized carbons (Fsp3) is 0.300. The van der Waals surface area contributed by atoms with Crippen LogP contribution in [0.5, 0.6) is 5.75 Å². The third kappa shape index (κ3) is 6.18. The Labute approximate surface area is 279 Å². The second kappa shape index (κ2) is 13.2. The maximum Gasteiger partial charge on any atom is 1.00 e. The number of ether oxygens (including phenoxy) is 2. The molecule has 0 radical (unpaired) electrons. The van der Waals surface area contributed by atoms with E-state index < -0.39 is 51.9 Å². The van der Waals surface area contributed by atoms with E-state index in [1.165, 1.54) is 52.1 Å². The number of methoxy groups -OCH3 is 1. The molecule has 11 nitrogen and oxygen atoms in total. The summed E-state index contributed by atoms with van der Waals surface area (Å²) in [5, 5.41) is 11.7. The van der Waals surface area contributed by atoms with Crippen molar-refractivity contribution in [2.24, 2.45) is 5.92 Å². The molecule has 2 N–H and O–H groups in total. The van der Waals surface area contributed by atoms with Crippen molar-refractivity contribution >= 4 is 35.4 Å². The standard InChI is InChI=1S/C30H27ClFN3O8.Na.H/c1-34-15-30(10-16(11-30)14-42-2)35-13-20(26(37)33-12-19-7-4-8-21(31)22(19)32)24(36)25(23(35)27(34)38)43-29(41)18-6-3-5-17(9-18)28(39)40;;/h3-9,13,16H,10-12,14-15H2,1-2H3,(H,33,37)(H,39,40);;/q;+1;-1. The van der Waals surface area contributed by atoms with Crippen LogP contribution in [-0.4, -0.2) is 65.6 Å². The molecule has 226 valence electrons. The van der Waals surface area contributed by atoms with Crippen LogP contribution in [0.4, 0.5) is 4.39 Å². The SMILES string of the molecule is COCC1CC2(C1)CN(C)C(=O)c1c(OC(=O)c3cccc(C(=O)O)c3)c(=O)c(C(=O)NCc3cccc(Cl)c3F)cn12.[H-].[Na+]. The molecule has 0 unspecified atom stereocenters. The average molecular weight is 636 g/mol. The molecular weight excluding hydrogens is 608 g/mol. The zero-order valence-electron chi connectivity index (χ0n) is 25.2. The first-order valence-corrected chi connectivity index (χ1v) is 13.6. The molecule has 1 aliphatic carbocycles.